The van der Waals surface area contributed by atoms with E-state index in [2.05, 4.69) is 12.0 Å². The monoisotopic (exact) mass is 275 g/mol. The summed E-state index contributed by atoms with van der Waals surface area (Å²) in [5, 5.41) is 25.6. The van der Waals surface area contributed by atoms with Crippen molar-refractivity contribution >= 4 is 16.6 Å². The molecule has 1 aromatic carbocycles. The van der Waals surface area contributed by atoms with Crippen LogP contribution in [0.3, 0.4) is 0 Å². The molecule has 0 saturated heterocycles. The molecule has 1 aromatic heterocycles. The van der Waals surface area contributed by atoms with Crippen LogP contribution < -0.4 is 0 Å². The minimum Gasteiger partial charge on any atom is -0.502 e. The van der Waals surface area contributed by atoms with Gasteiger partial charge in [0.2, 0.25) is 0 Å². The third-order valence-electron chi connectivity index (χ3n) is 4.17. The van der Waals surface area contributed by atoms with E-state index in [4.69, 9.17) is 0 Å². The first-order valence-corrected chi connectivity index (χ1v) is 6.91. The summed E-state index contributed by atoms with van der Waals surface area (Å²) in [4.78, 5) is 10.3. The van der Waals surface area contributed by atoms with Crippen LogP contribution in [-0.4, -0.2) is 19.8 Å². The predicted molar refractivity (Wildman–Crippen MR) is 74.7 cm³/mol. The molecule has 106 valence electrons. The number of nitro groups is 1. The van der Waals surface area contributed by atoms with Crippen molar-refractivity contribution in [1.82, 2.24) is 9.78 Å². The highest BCUT2D eigenvalue weighted by atomic mass is 16.6. The average molecular weight is 275 g/mol. The molecule has 3 rings (SSSR count). The van der Waals surface area contributed by atoms with Gasteiger partial charge in [0.15, 0.2) is 5.75 Å². The summed E-state index contributed by atoms with van der Waals surface area (Å²) in [7, 11) is 0. The second-order valence-corrected chi connectivity index (χ2v) is 5.68. The molecule has 6 nitrogen and oxygen atoms in total. The van der Waals surface area contributed by atoms with Gasteiger partial charge < -0.3 is 5.11 Å². The van der Waals surface area contributed by atoms with E-state index in [1.807, 2.05) is 10.9 Å². The summed E-state index contributed by atoms with van der Waals surface area (Å²) < 4.78 is 1.90. The number of hydrogen-bond donors (Lipinski definition) is 1. The van der Waals surface area contributed by atoms with Crippen molar-refractivity contribution in [2.75, 3.05) is 0 Å². The van der Waals surface area contributed by atoms with Crippen LogP contribution in [0.1, 0.15) is 38.6 Å². The zero-order valence-corrected chi connectivity index (χ0v) is 11.3. The molecule has 1 saturated carbocycles. The summed E-state index contributed by atoms with van der Waals surface area (Å²) >= 11 is 0. The lowest BCUT2D eigenvalue weighted by atomic mass is 9.87. The van der Waals surface area contributed by atoms with Crippen LogP contribution in [0.4, 0.5) is 5.69 Å². The Hall–Kier alpha value is -2.11. The first kappa shape index (κ1) is 12.9. The molecule has 0 radical (unpaired) electrons. The van der Waals surface area contributed by atoms with Gasteiger partial charge in [-0.3, -0.25) is 14.8 Å². The Morgan fingerprint density at radius 1 is 1.35 bits per heavy atom. The average Bonchev–Trinajstić information content (AvgIpc) is 2.81. The fourth-order valence-electron chi connectivity index (χ4n) is 2.91. The van der Waals surface area contributed by atoms with Gasteiger partial charge in [0.1, 0.15) is 0 Å². The minimum absolute atomic E-state index is 0.269. The fourth-order valence-corrected chi connectivity index (χ4v) is 2.91. The number of phenols is 1. The normalized spacial score (nSPS) is 23.1. The van der Waals surface area contributed by atoms with Gasteiger partial charge in [-0.05, 0) is 31.6 Å². The van der Waals surface area contributed by atoms with E-state index in [0.29, 0.717) is 16.9 Å². The Kier molecular flexibility index (Phi) is 3.08. The Balaban J connectivity index is 1.96. The van der Waals surface area contributed by atoms with Crippen molar-refractivity contribution in [2.45, 2.75) is 38.6 Å². The molecule has 0 aliphatic heterocycles. The lowest BCUT2D eigenvalue weighted by molar-refractivity contribution is -0.385. The van der Waals surface area contributed by atoms with Crippen molar-refractivity contribution in [3.05, 3.63) is 28.4 Å². The Bertz CT molecular complexity index is 657. The molecule has 1 heterocycles. The van der Waals surface area contributed by atoms with E-state index >= 15 is 0 Å². The van der Waals surface area contributed by atoms with Crippen LogP contribution in [0.15, 0.2) is 18.3 Å². The van der Waals surface area contributed by atoms with Gasteiger partial charge in [-0.15, -0.1) is 0 Å². The minimum atomic E-state index is -0.575. The summed E-state index contributed by atoms with van der Waals surface area (Å²) in [5.74, 6) is 0.436. The molecule has 0 unspecified atom stereocenters. The van der Waals surface area contributed by atoms with Gasteiger partial charge in [0.05, 0.1) is 16.5 Å². The molecule has 1 fully saturated rings. The van der Waals surface area contributed by atoms with Gasteiger partial charge in [-0.1, -0.05) is 6.92 Å². The molecule has 0 amide bonds. The third kappa shape index (κ3) is 2.21. The van der Waals surface area contributed by atoms with E-state index < -0.39 is 4.92 Å². The molecule has 0 atom stereocenters. The van der Waals surface area contributed by atoms with E-state index in [1.165, 1.54) is 25.0 Å². The number of aromatic hydroxyl groups is 1. The van der Waals surface area contributed by atoms with Gasteiger partial charge in [0.25, 0.3) is 0 Å². The van der Waals surface area contributed by atoms with Crippen molar-refractivity contribution in [1.29, 1.82) is 0 Å². The molecule has 0 bridgehead atoms. The Labute approximate surface area is 116 Å². The zero-order valence-electron chi connectivity index (χ0n) is 11.3. The number of nitro benzene ring substituents is 1. The largest absolute Gasteiger partial charge is 0.502 e. The summed E-state index contributed by atoms with van der Waals surface area (Å²) in [6.45, 7) is 2.26. The quantitative estimate of drug-likeness (QED) is 0.672. The molecular weight excluding hydrogens is 258 g/mol. The lowest BCUT2D eigenvalue weighted by Gasteiger charge is -2.26. The summed E-state index contributed by atoms with van der Waals surface area (Å²) in [6, 6.07) is 3.12. The van der Waals surface area contributed by atoms with E-state index in [9.17, 15) is 15.2 Å². The highest BCUT2D eigenvalue weighted by Crippen LogP contribution is 2.34. The van der Waals surface area contributed by atoms with Crippen LogP contribution in [0.25, 0.3) is 10.9 Å². The lowest BCUT2D eigenvalue weighted by Crippen LogP contribution is -2.16. The second kappa shape index (κ2) is 4.77. The molecule has 1 N–H and O–H groups in total. The van der Waals surface area contributed by atoms with Crippen LogP contribution in [0.2, 0.25) is 0 Å². The molecule has 6 heteroatoms. The van der Waals surface area contributed by atoms with Gasteiger partial charge in [0, 0.05) is 23.7 Å². The van der Waals surface area contributed by atoms with E-state index in [1.54, 1.807) is 0 Å². The molecule has 0 spiro atoms. The molecule has 2 aromatic rings. The number of nitrogens with zero attached hydrogens (tertiary/aromatic N) is 3. The maximum absolute atomic E-state index is 10.8. The second-order valence-electron chi connectivity index (χ2n) is 5.68. The van der Waals surface area contributed by atoms with Crippen LogP contribution in [0.5, 0.6) is 5.75 Å². The molecular formula is C14H17N3O3. The SMILES string of the molecule is CC1CCC(n2cc3cc([N+](=O)[O-])c(O)cc3n2)CC1. The van der Waals surface area contributed by atoms with Crippen LogP contribution in [-0.2, 0) is 0 Å². The predicted octanol–water partition coefficient (Wildman–Crippen LogP) is 3.40. The van der Waals surface area contributed by atoms with Gasteiger partial charge in [-0.25, -0.2) is 0 Å². The van der Waals surface area contributed by atoms with Crippen molar-refractivity contribution in [2.24, 2.45) is 5.92 Å². The van der Waals surface area contributed by atoms with Gasteiger partial charge >= 0.3 is 5.69 Å². The third-order valence-corrected chi connectivity index (χ3v) is 4.17. The Morgan fingerprint density at radius 2 is 2.05 bits per heavy atom. The number of fused-ring (bicyclic) bond motifs is 1. The molecule has 20 heavy (non-hydrogen) atoms. The molecule has 1 aliphatic rings. The van der Waals surface area contributed by atoms with Crippen LogP contribution in [0, 0.1) is 16.0 Å². The number of phenolic OH excluding ortho intramolecular Hbond substituents is 1. The standard InChI is InChI=1S/C14H17N3O3/c1-9-2-4-11(5-3-9)16-8-10-6-13(17(19)20)14(18)7-12(10)15-16/h6-9,11,18H,2-5H2,1H3. The first-order chi connectivity index (χ1) is 9.54. The summed E-state index contributed by atoms with van der Waals surface area (Å²) in [5.41, 5.74) is 0.334. The molecule has 1 aliphatic carbocycles. The maximum Gasteiger partial charge on any atom is 0.311 e. The smallest absolute Gasteiger partial charge is 0.311 e. The highest BCUT2D eigenvalue weighted by molar-refractivity contribution is 5.83. The number of aromatic nitrogens is 2. The van der Waals surface area contributed by atoms with E-state index in [-0.39, 0.29) is 11.4 Å². The van der Waals surface area contributed by atoms with Crippen molar-refractivity contribution < 1.29 is 10.0 Å². The zero-order chi connectivity index (χ0) is 14.3. The maximum atomic E-state index is 10.8. The fraction of sp³-hybridized carbons (Fsp3) is 0.500. The number of hydrogen-bond acceptors (Lipinski definition) is 4. The highest BCUT2D eigenvalue weighted by Gasteiger charge is 2.22. The van der Waals surface area contributed by atoms with Crippen molar-refractivity contribution in [3.63, 3.8) is 0 Å². The topological polar surface area (TPSA) is 81.2 Å². The van der Waals surface area contributed by atoms with Gasteiger partial charge in [-0.2, -0.15) is 5.10 Å². The summed E-state index contributed by atoms with van der Waals surface area (Å²) in [6.07, 6.45) is 6.40. The van der Waals surface area contributed by atoms with E-state index in [0.717, 1.165) is 18.8 Å². The van der Waals surface area contributed by atoms with Crippen LogP contribution >= 0.6 is 0 Å². The first-order valence-electron chi connectivity index (χ1n) is 6.91. The Morgan fingerprint density at radius 3 is 2.70 bits per heavy atom. The van der Waals surface area contributed by atoms with Crippen molar-refractivity contribution in [3.8, 4) is 5.75 Å². The number of benzene rings is 1. The number of rotatable bonds is 2.